The van der Waals surface area contributed by atoms with Crippen LogP contribution >= 0.6 is 0 Å². The average molecular weight is 298 g/mol. The highest BCUT2D eigenvalue weighted by Gasteiger charge is 2.19. The standard InChI is InChI=1S/C15H10N2O5/c1-9-3-2-4-10(7-9)14(18)16-12-6-5-11(17(20)21)8-13(12)22-15(16)19/h2-8H,1H3. The van der Waals surface area contributed by atoms with Gasteiger partial charge in [0.2, 0.25) is 0 Å². The topological polar surface area (TPSA) is 95.3 Å². The number of nitro benzene ring substituents is 1. The highest BCUT2D eigenvalue weighted by molar-refractivity contribution is 6.00. The van der Waals surface area contributed by atoms with E-state index in [1.807, 2.05) is 13.0 Å². The van der Waals surface area contributed by atoms with Crippen LogP contribution in [0.1, 0.15) is 15.9 Å². The summed E-state index contributed by atoms with van der Waals surface area (Å²) in [5, 5.41) is 10.7. The Hall–Kier alpha value is -3.22. The molecule has 3 rings (SSSR count). The molecule has 0 fully saturated rings. The third-order valence-corrected chi connectivity index (χ3v) is 3.24. The van der Waals surface area contributed by atoms with Gasteiger partial charge in [-0.1, -0.05) is 17.7 Å². The van der Waals surface area contributed by atoms with Crippen molar-refractivity contribution < 1.29 is 14.1 Å². The van der Waals surface area contributed by atoms with Gasteiger partial charge in [-0.15, -0.1) is 0 Å². The third kappa shape index (κ3) is 2.18. The zero-order chi connectivity index (χ0) is 15.9. The first-order valence-corrected chi connectivity index (χ1v) is 6.39. The highest BCUT2D eigenvalue weighted by atomic mass is 16.6. The highest BCUT2D eigenvalue weighted by Crippen LogP contribution is 2.20. The molecule has 7 heteroatoms. The number of aromatic nitrogens is 1. The second kappa shape index (κ2) is 4.96. The fraction of sp³-hybridized carbons (Fsp3) is 0.0667. The first-order chi connectivity index (χ1) is 10.5. The zero-order valence-corrected chi connectivity index (χ0v) is 11.5. The SMILES string of the molecule is Cc1cccc(C(=O)n2c(=O)oc3cc([N+](=O)[O-])ccc32)c1. The number of fused-ring (bicyclic) bond motifs is 1. The molecule has 0 amide bonds. The van der Waals surface area contributed by atoms with Crippen molar-refractivity contribution >= 4 is 22.7 Å². The monoisotopic (exact) mass is 298 g/mol. The minimum atomic E-state index is -0.873. The molecule has 2 aromatic carbocycles. The molecule has 0 atom stereocenters. The Morgan fingerprint density at radius 1 is 1.23 bits per heavy atom. The van der Waals surface area contributed by atoms with E-state index in [2.05, 4.69) is 0 Å². The van der Waals surface area contributed by atoms with Gasteiger partial charge in [0.05, 0.1) is 16.5 Å². The minimum absolute atomic E-state index is 0.000188. The number of nitrogens with zero attached hydrogens (tertiary/aromatic N) is 2. The molecule has 0 saturated carbocycles. The van der Waals surface area contributed by atoms with Crippen molar-refractivity contribution in [1.82, 2.24) is 4.57 Å². The van der Waals surface area contributed by atoms with E-state index < -0.39 is 16.6 Å². The Labute approximate surface area is 123 Å². The summed E-state index contributed by atoms with van der Waals surface area (Å²) in [4.78, 5) is 34.6. The fourth-order valence-electron chi connectivity index (χ4n) is 2.22. The average Bonchev–Trinajstić information content (AvgIpc) is 2.81. The molecule has 0 saturated heterocycles. The maximum atomic E-state index is 12.5. The van der Waals surface area contributed by atoms with Crippen LogP contribution in [0, 0.1) is 17.0 Å². The minimum Gasteiger partial charge on any atom is -0.407 e. The lowest BCUT2D eigenvalue weighted by atomic mass is 10.1. The summed E-state index contributed by atoms with van der Waals surface area (Å²) in [6, 6.07) is 10.4. The molecule has 0 spiro atoms. The summed E-state index contributed by atoms with van der Waals surface area (Å²) in [6.45, 7) is 1.83. The van der Waals surface area contributed by atoms with Crippen LogP contribution in [0.3, 0.4) is 0 Å². The van der Waals surface area contributed by atoms with Crippen molar-refractivity contribution in [2.75, 3.05) is 0 Å². The molecule has 3 aromatic rings. The van der Waals surface area contributed by atoms with Crippen molar-refractivity contribution in [2.45, 2.75) is 6.92 Å². The lowest BCUT2D eigenvalue weighted by Crippen LogP contribution is -2.23. The van der Waals surface area contributed by atoms with Gasteiger partial charge < -0.3 is 4.42 Å². The zero-order valence-electron chi connectivity index (χ0n) is 11.5. The number of non-ortho nitro benzene ring substituents is 1. The van der Waals surface area contributed by atoms with E-state index in [1.54, 1.807) is 18.2 Å². The molecule has 0 radical (unpaired) electrons. The van der Waals surface area contributed by atoms with Gasteiger partial charge in [-0.05, 0) is 25.1 Å². The van der Waals surface area contributed by atoms with Crippen molar-refractivity contribution in [3.05, 3.63) is 74.3 Å². The van der Waals surface area contributed by atoms with E-state index in [0.29, 0.717) is 5.56 Å². The van der Waals surface area contributed by atoms with Gasteiger partial charge in [0.25, 0.3) is 11.6 Å². The van der Waals surface area contributed by atoms with Crippen molar-refractivity contribution in [3.63, 3.8) is 0 Å². The number of hydrogen-bond donors (Lipinski definition) is 0. The van der Waals surface area contributed by atoms with Crippen LogP contribution < -0.4 is 5.76 Å². The van der Waals surface area contributed by atoms with E-state index >= 15 is 0 Å². The van der Waals surface area contributed by atoms with E-state index in [1.165, 1.54) is 12.1 Å². The molecule has 22 heavy (non-hydrogen) atoms. The largest absolute Gasteiger partial charge is 0.427 e. The molecule has 110 valence electrons. The van der Waals surface area contributed by atoms with Gasteiger partial charge in [0.15, 0.2) is 5.58 Å². The summed E-state index contributed by atoms with van der Waals surface area (Å²) in [7, 11) is 0. The molecule has 0 aliphatic heterocycles. The summed E-state index contributed by atoms with van der Waals surface area (Å²) in [5.74, 6) is -1.41. The summed E-state index contributed by atoms with van der Waals surface area (Å²) in [5.41, 5.74) is 1.20. The van der Waals surface area contributed by atoms with Crippen LogP contribution in [-0.2, 0) is 0 Å². The van der Waals surface area contributed by atoms with Crippen molar-refractivity contribution in [2.24, 2.45) is 0 Å². The molecule has 0 unspecified atom stereocenters. The van der Waals surface area contributed by atoms with Crippen LogP contribution in [-0.4, -0.2) is 15.4 Å². The molecule has 0 aliphatic carbocycles. The molecular formula is C15H10N2O5. The van der Waals surface area contributed by atoms with Gasteiger partial charge >= 0.3 is 5.76 Å². The molecular weight excluding hydrogens is 288 g/mol. The first-order valence-electron chi connectivity index (χ1n) is 6.39. The Bertz CT molecular complexity index is 967. The van der Waals surface area contributed by atoms with Gasteiger partial charge in [0.1, 0.15) is 0 Å². The Morgan fingerprint density at radius 2 is 2.00 bits per heavy atom. The lowest BCUT2D eigenvalue weighted by molar-refractivity contribution is -0.384. The predicted molar refractivity (Wildman–Crippen MR) is 78.0 cm³/mol. The Balaban J connectivity index is 2.19. The third-order valence-electron chi connectivity index (χ3n) is 3.24. The molecule has 7 nitrogen and oxygen atoms in total. The van der Waals surface area contributed by atoms with E-state index in [4.69, 9.17) is 4.42 Å². The van der Waals surface area contributed by atoms with E-state index in [-0.39, 0.29) is 16.8 Å². The Kier molecular flexibility index (Phi) is 3.10. The summed E-state index contributed by atoms with van der Waals surface area (Å²) in [6.07, 6.45) is 0. The smallest absolute Gasteiger partial charge is 0.407 e. The van der Waals surface area contributed by atoms with Crippen molar-refractivity contribution in [3.8, 4) is 0 Å². The second-order valence-electron chi connectivity index (χ2n) is 4.79. The number of benzene rings is 2. The number of carbonyl (C=O) groups is 1. The van der Waals surface area contributed by atoms with Gasteiger partial charge in [-0.3, -0.25) is 14.9 Å². The predicted octanol–water partition coefficient (Wildman–Crippen LogP) is 2.50. The molecule has 1 heterocycles. The molecule has 0 aliphatic rings. The molecule has 0 bridgehead atoms. The maximum Gasteiger partial charge on any atom is 0.427 e. The van der Waals surface area contributed by atoms with Crippen LogP contribution in [0.5, 0.6) is 0 Å². The lowest BCUT2D eigenvalue weighted by Gasteiger charge is -2.02. The quantitative estimate of drug-likeness (QED) is 0.535. The van der Waals surface area contributed by atoms with Crippen LogP contribution in [0.2, 0.25) is 0 Å². The second-order valence-corrected chi connectivity index (χ2v) is 4.79. The van der Waals surface area contributed by atoms with Crippen LogP contribution in [0.4, 0.5) is 5.69 Å². The number of oxazole rings is 1. The number of rotatable bonds is 2. The fourth-order valence-corrected chi connectivity index (χ4v) is 2.22. The van der Waals surface area contributed by atoms with Crippen molar-refractivity contribution in [1.29, 1.82) is 0 Å². The van der Waals surface area contributed by atoms with Gasteiger partial charge in [-0.25, -0.2) is 9.36 Å². The van der Waals surface area contributed by atoms with E-state index in [0.717, 1.165) is 16.2 Å². The molecule has 0 N–H and O–H groups in total. The first kappa shape index (κ1) is 13.7. The maximum absolute atomic E-state index is 12.5. The van der Waals surface area contributed by atoms with E-state index in [9.17, 15) is 19.7 Å². The number of hydrogen-bond acceptors (Lipinski definition) is 5. The summed E-state index contributed by atoms with van der Waals surface area (Å²) >= 11 is 0. The normalized spacial score (nSPS) is 10.8. The number of aryl methyl sites for hydroxylation is 1. The Morgan fingerprint density at radius 3 is 2.68 bits per heavy atom. The van der Waals surface area contributed by atoms with Gasteiger partial charge in [-0.2, -0.15) is 0 Å². The number of nitro groups is 1. The molecule has 1 aromatic heterocycles. The van der Waals surface area contributed by atoms with Gasteiger partial charge in [0, 0.05) is 11.6 Å². The summed E-state index contributed by atoms with van der Waals surface area (Å²) < 4.78 is 5.81. The van der Waals surface area contributed by atoms with Crippen LogP contribution in [0.15, 0.2) is 51.7 Å². The number of carbonyl (C=O) groups excluding carboxylic acids is 1. The van der Waals surface area contributed by atoms with Crippen LogP contribution in [0.25, 0.3) is 11.1 Å².